The largest absolute Gasteiger partial charge is 0.352 e. The highest BCUT2D eigenvalue weighted by Crippen LogP contribution is 2.27. The van der Waals surface area contributed by atoms with Crippen molar-refractivity contribution in [2.45, 2.75) is 62.6 Å². The molecule has 10 heteroatoms. The van der Waals surface area contributed by atoms with Gasteiger partial charge in [-0.2, -0.15) is 0 Å². The van der Waals surface area contributed by atoms with Gasteiger partial charge in [-0.1, -0.05) is 73.3 Å². The first kappa shape index (κ1) is 29.6. The number of benzene rings is 3. The quantitative estimate of drug-likeness (QED) is 0.338. The van der Waals surface area contributed by atoms with E-state index in [1.165, 1.54) is 41.3 Å². The zero-order valence-corrected chi connectivity index (χ0v) is 23.9. The zero-order chi connectivity index (χ0) is 28.7. The number of carbonyl (C=O) groups is 2. The second kappa shape index (κ2) is 13.3. The van der Waals surface area contributed by atoms with Gasteiger partial charge in [-0.25, -0.2) is 12.8 Å². The lowest BCUT2D eigenvalue weighted by Crippen LogP contribution is -2.53. The van der Waals surface area contributed by atoms with Gasteiger partial charge in [-0.3, -0.25) is 13.9 Å². The number of amides is 2. The Morgan fingerprint density at radius 3 is 2.33 bits per heavy atom. The van der Waals surface area contributed by atoms with Gasteiger partial charge >= 0.3 is 0 Å². The summed E-state index contributed by atoms with van der Waals surface area (Å²) in [7, 11) is -4.20. The zero-order valence-electron chi connectivity index (χ0n) is 22.3. The number of carbonyl (C=O) groups excluding carboxylic acids is 2. The lowest BCUT2D eigenvalue weighted by Gasteiger charge is -2.33. The van der Waals surface area contributed by atoms with E-state index in [2.05, 4.69) is 5.32 Å². The first-order chi connectivity index (χ1) is 19.2. The van der Waals surface area contributed by atoms with Gasteiger partial charge in [0.05, 0.1) is 10.6 Å². The molecule has 212 valence electrons. The summed E-state index contributed by atoms with van der Waals surface area (Å²) in [4.78, 5) is 28.5. The monoisotopic (exact) mass is 585 g/mol. The summed E-state index contributed by atoms with van der Waals surface area (Å²) in [6.07, 6.45) is 4.87. The van der Waals surface area contributed by atoms with Crippen LogP contribution in [-0.2, 0) is 26.2 Å². The summed E-state index contributed by atoms with van der Waals surface area (Å²) >= 11 is 6.18. The number of hydrogen-bond donors (Lipinski definition) is 1. The lowest BCUT2D eigenvalue weighted by atomic mass is 9.95. The van der Waals surface area contributed by atoms with Crippen LogP contribution < -0.4 is 9.62 Å². The van der Waals surface area contributed by atoms with Crippen LogP contribution in [0.25, 0.3) is 0 Å². The van der Waals surface area contributed by atoms with Crippen molar-refractivity contribution < 1.29 is 22.4 Å². The van der Waals surface area contributed by atoms with E-state index in [-0.39, 0.29) is 34.6 Å². The minimum atomic E-state index is -4.20. The molecular formula is C30H33ClFN3O4S. The standard InChI is InChI=1S/C30H33ClFN3O4S/c1-22(30(37)33-25-13-4-2-5-14-25)34(20-23-11-8-9-18-28(23)32)29(36)21-35(26-15-10-12-24(31)19-26)40(38,39)27-16-6-3-7-17-27/h3,6-12,15-19,22,25H,2,4-5,13-14,20-21H2,1H3,(H,33,37)/t22-/m0/s1. The maximum Gasteiger partial charge on any atom is 0.264 e. The van der Waals surface area contributed by atoms with Crippen molar-refractivity contribution in [2.24, 2.45) is 0 Å². The normalized spacial score (nSPS) is 14.8. The number of sulfonamides is 1. The van der Waals surface area contributed by atoms with Crippen LogP contribution in [0.2, 0.25) is 5.02 Å². The number of halogens is 2. The number of hydrogen-bond acceptors (Lipinski definition) is 4. The van der Waals surface area contributed by atoms with E-state index >= 15 is 0 Å². The van der Waals surface area contributed by atoms with Gasteiger partial charge in [0.2, 0.25) is 11.8 Å². The number of rotatable bonds is 10. The van der Waals surface area contributed by atoms with Crippen molar-refractivity contribution in [2.75, 3.05) is 10.8 Å². The lowest BCUT2D eigenvalue weighted by molar-refractivity contribution is -0.139. The second-order valence-electron chi connectivity index (χ2n) is 9.94. The van der Waals surface area contributed by atoms with Crippen molar-refractivity contribution in [3.05, 3.63) is 95.3 Å². The van der Waals surface area contributed by atoms with Crippen LogP contribution >= 0.6 is 11.6 Å². The molecule has 0 unspecified atom stereocenters. The molecule has 1 fully saturated rings. The molecule has 4 rings (SSSR count). The molecule has 3 aromatic rings. The third-order valence-electron chi connectivity index (χ3n) is 7.12. The summed E-state index contributed by atoms with van der Waals surface area (Å²) in [6, 6.07) is 19.0. The van der Waals surface area contributed by atoms with Crippen molar-refractivity contribution in [3.63, 3.8) is 0 Å². The van der Waals surface area contributed by atoms with Crippen LogP contribution in [0.5, 0.6) is 0 Å². The van der Waals surface area contributed by atoms with E-state index in [0.717, 1.165) is 36.4 Å². The molecule has 0 aliphatic heterocycles. The molecule has 0 aromatic heterocycles. The molecule has 1 N–H and O–H groups in total. The van der Waals surface area contributed by atoms with Gasteiger partial charge in [0.15, 0.2) is 0 Å². The smallest absolute Gasteiger partial charge is 0.264 e. The Hall–Kier alpha value is -3.43. The number of nitrogens with zero attached hydrogens (tertiary/aromatic N) is 2. The van der Waals surface area contributed by atoms with Gasteiger partial charge in [0, 0.05) is 23.2 Å². The van der Waals surface area contributed by atoms with E-state index in [1.54, 1.807) is 49.4 Å². The summed E-state index contributed by atoms with van der Waals surface area (Å²) < 4.78 is 43.2. The molecule has 1 aliphatic rings. The molecule has 1 saturated carbocycles. The van der Waals surface area contributed by atoms with E-state index in [0.29, 0.717) is 5.02 Å². The highest BCUT2D eigenvalue weighted by atomic mass is 35.5. The Bertz CT molecular complexity index is 1430. The average Bonchev–Trinajstić information content (AvgIpc) is 2.96. The molecule has 2 amide bonds. The average molecular weight is 586 g/mol. The fourth-order valence-corrected chi connectivity index (χ4v) is 6.45. The number of nitrogens with one attached hydrogen (secondary N) is 1. The molecule has 40 heavy (non-hydrogen) atoms. The van der Waals surface area contributed by atoms with Gasteiger partial charge in [0.25, 0.3) is 10.0 Å². The maximum absolute atomic E-state index is 14.7. The van der Waals surface area contributed by atoms with Crippen molar-refractivity contribution >= 4 is 39.1 Å². The predicted octanol–water partition coefficient (Wildman–Crippen LogP) is 5.54. The van der Waals surface area contributed by atoms with E-state index < -0.39 is 34.3 Å². The Morgan fingerprint density at radius 2 is 1.65 bits per heavy atom. The third kappa shape index (κ3) is 7.20. The topological polar surface area (TPSA) is 86.8 Å². The van der Waals surface area contributed by atoms with Crippen molar-refractivity contribution in [3.8, 4) is 0 Å². The SMILES string of the molecule is C[C@@H](C(=O)NC1CCCCC1)N(Cc1ccccc1F)C(=O)CN(c1cccc(Cl)c1)S(=O)(=O)c1ccccc1. The van der Waals surface area contributed by atoms with Gasteiger partial charge in [0.1, 0.15) is 18.4 Å². The molecule has 1 aliphatic carbocycles. The fourth-order valence-electron chi connectivity index (χ4n) is 4.84. The Kier molecular flexibility index (Phi) is 9.81. The Morgan fingerprint density at radius 1 is 0.975 bits per heavy atom. The minimum Gasteiger partial charge on any atom is -0.352 e. The van der Waals surface area contributed by atoms with Gasteiger partial charge in [-0.15, -0.1) is 0 Å². The fraction of sp³-hybridized carbons (Fsp3) is 0.333. The van der Waals surface area contributed by atoms with E-state index in [1.807, 2.05) is 0 Å². The van der Waals surface area contributed by atoms with Crippen LogP contribution in [0.15, 0.2) is 83.8 Å². The van der Waals surface area contributed by atoms with E-state index in [4.69, 9.17) is 11.6 Å². The van der Waals surface area contributed by atoms with Crippen LogP contribution in [0.3, 0.4) is 0 Å². The molecule has 0 heterocycles. The molecule has 0 saturated heterocycles. The van der Waals surface area contributed by atoms with Crippen LogP contribution in [0.4, 0.5) is 10.1 Å². The number of anilines is 1. The Balaban J connectivity index is 1.67. The van der Waals surface area contributed by atoms with Crippen LogP contribution in [-0.4, -0.2) is 43.8 Å². The first-order valence-corrected chi connectivity index (χ1v) is 15.1. The Labute approximate surface area is 240 Å². The van der Waals surface area contributed by atoms with Crippen molar-refractivity contribution in [1.82, 2.24) is 10.2 Å². The highest BCUT2D eigenvalue weighted by molar-refractivity contribution is 7.92. The minimum absolute atomic E-state index is 0.00785. The molecular weight excluding hydrogens is 553 g/mol. The first-order valence-electron chi connectivity index (χ1n) is 13.3. The summed E-state index contributed by atoms with van der Waals surface area (Å²) in [5.74, 6) is -1.55. The van der Waals surface area contributed by atoms with E-state index in [9.17, 15) is 22.4 Å². The molecule has 3 aromatic carbocycles. The van der Waals surface area contributed by atoms with Crippen LogP contribution in [0.1, 0.15) is 44.6 Å². The summed E-state index contributed by atoms with van der Waals surface area (Å²) in [6.45, 7) is 0.749. The summed E-state index contributed by atoms with van der Waals surface area (Å²) in [5.41, 5.74) is 0.406. The van der Waals surface area contributed by atoms with Crippen molar-refractivity contribution in [1.29, 1.82) is 0 Å². The third-order valence-corrected chi connectivity index (χ3v) is 9.15. The second-order valence-corrected chi connectivity index (χ2v) is 12.2. The molecule has 0 radical (unpaired) electrons. The molecule has 0 spiro atoms. The molecule has 1 atom stereocenters. The maximum atomic E-state index is 14.7. The molecule has 0 bridgehead atoms. The predicted molar refractivity (Wildman–Crippen MR) is 154 cm³/mol. The summed E-state index contributed by atoms with van der Waals surface area (Å²) in [5, 5.41) is 3.32. The van der Waals surface area contributed by atoms with Gasteiger partial charge < -0.3 is 10.2 Å². The highest BCUT2D eigenvalue weighted by Gasteiger charge is 2.33. The molecule has 7 nitrogen and oxygen atoms in total. The van der Waals surface area contributed by atoms with Gasteiger partial charge in [-0.05, 0) is 56.2 Å². The van der Waals surface area contributed by atoms with Crippen LogP contribution in [0, 0.1) is 5.82 Å².